The molecule has 5 nitrogen and oxygen atoms in total. The van der Waals surface area contributed by atoms with Crippen LogP contribution in [0.4, 0.5) is 5.69 Å². The minimum atomic E-state index is -3.38. The van der Waals surface area contributed by atoms with Crippen LogP contribution in [0.15, 0.2) is 24.3 Å². The summed E-state index contributed by atoms with van der Waals surface area (Å²) in [6.45, 7) is 0.575. The van der Waals surface area contributed by atoms with Crippen LogP contribution in [0.1, 0.15) is 12.0 Å². The lowest BCUT2D eigenvalue weighted by molar-refractivity contribution is 0.189. The Morgan fingerprint density at radius 2 is 2.12 bits per heavy atom. The second-order valence-electron chi connectivity index (χ2n) is 4.26. The summed E-state index contributed by atoms with van der Waals surface area (Å²) in [7, 11) is -3.38. The van der Waals surface area contributed by atoms with Gasteiger partial charge in [0.15, 0.2) is 0 Å². The molecule has 1 fully saturated rings. The summed E-state index contributed by atoms with van der Waals surface area (Å²) in [6.07, 6.45) is -0.0401. The molecular weight excluding hydrogens is 240 g/mol. The average Bonchev–Trinajstić information content (AvgIpc) is 2.69. The summed E-state index contributed by atoms with van der Waals surface area (Å²) in [4.78, 5) is 0. The fourth-order valence-corrected chi connectivity index (χ4v) is 3.54. The van der Waals surface area contributed by atoms with Crippen LogP contribution in [0.5, 0.6) is 0 Å². The third-order valence-corrected chi connectivity index (χ3v) is 4.71. The summed E-state index contributed by atoms with van der Waals surface area (Å²) in [5.74, 6) is -0.105. The van der Waals surface area contributed by atoms with Crippen molar-refractivity contribution >= 4 is 15.7 Å². The third-order valence-electron chi connectivity index (χ3n) is 2.91. The molecule has 0 aromatic heterocycles. The van der Waals surface area contributed by atoms with Gasteiger partial charge in [-0.1, -0.05) is 18.2 Å². The summed E-state index contributed by atoms with van der Waals surface area (Å²) < 4.78 is 25.4. The van der Waals surface area contributed by atoms with Crippen molar-refractivity contribution in [1.82, 2.24) is 4.31 Å². The highest BCUT2D eigenvalue weighted by molar-refractivity contribution is 7.88. The Morgan fingerprint density at radius 3 is 2.71 bits per heavy atom. The molecule has 94 valence electrons. The Balaban J connectivity index is 2.15. The molecule has 0 amide bonds. The lowest BCUT2D eigenvalue weighted by Crippen LogP contribution is -2.31. The zero-order chi connectivity index (χ0) is 12.5. The predicted octanol–water partition coefficient (Wildman–Crippen LogP) is 0.165. The van der Waals surface area contributed by atoms with E-state index >= 15 is 0 Å². The number of aliphatic hydroxyl groups excluding tert-OH is 1. The molecule has 1 heterocycles. The van der Waals surface area contributed by atoms with E-state index in [1.807, 2.05) is 0 Å². The van der Waals surface area contributed by atoms with Crippen molar-refractivity contribution in [3.63, 3.8) is 0 Å². The minimum absolute atomic E-state index is 0.105. The van der Waals surface area contributed by atoms with Crippen molar-refractivity contribution in [2.75, 3.05) is 18.8 Å². The molecule has 0 unspecified atom stereocenters. The summed E-state index contributed by atoms with van der Waals surface area (Å²) in [6, 6.07) is 6.92. The Hall–Kier alpha value is -1.11. The van der Waals surface area contributed by atoms with E-state index in [9.17, 15) is 13.5 Å². The van der Waals surface area contributed by atoms with Crippen LogP contribution in [0, 0.1) is 0 Å². The van der Waals surface area contributed by atoms with Crippen LogP contribution in [0.2, 0.25) is 0 Å². The zero-order valence-corrected chi connectivity index (χ0v) is 10.2. The molecule has 0 saturated carbocycles. The molecule has 6 heteroatoms. The number of nitrogens with two attached hydrogens (primary N) is 1. The Kier molecular flexibility index (Phi) is 3.37. The maximum Gasteiger partial charge on any atom is 0.218 e. The number of nitrogens with zero attached hydrogens (tertiary/aromatic N) is 1. The van der Waals surface area contributed by atoms with Gasteiger partial charge in [-0.05, 0) is 18.1 Å². The Morgan fingerprint density at radius 1 is 1.41 bits per heavy atom. The molecule has 0 spiro atoms. The fraction of sp³-hybridized carbons (Fsp3) is 0.455. The van der Waals surface area contributed by atoms with Gasteiger partial charge in [-0.25, -0.2) is 8.42 Å². The van der Waals surface area contributed by atoms with E-state index in [2.05, 4.69) is 0 Å². The summed E-state index contributed by atoms with van der Waals surface area (Å²) >= 11 is 0. The largest absolute Gasteiger partial charge is 0.398 e. The van der Waals surface area contributed by atoms with E-state index in [0.717, 1.165) is 0 Å². The first-order valence-electron chi connectivity index (χ1n) is 5.48. The molecule has 17 heavy (non-hydrogen) atoms. The van der Waals surface area contributed by atoms with Gasteiger partial charge in [0.25, 0.3) is 0 Å². The molecule has 2 rings (SSSR count). The monoisotopic (exact) mass is 256 g/mol. The molecule has 0 radical (unpaired) electrons. The third kappa shape index (κ3) is 2.77. The number of sulfonamides is 1. The van der Waals surface area contributed by atoms with Gasteiger partial charge in [0.2, 0.25) is 10.0 Å². The van der Waals surface area contributed by atoms with Crippen LogP contribution in [0.3, 0.4) is 0 Å². The maximum absolute atomic E-state index is 12.1. The lowest BCUT2D eigenvalue weighted by atomic mass is 10.2. The number of rotatable bonds is 3. The fourth-order valence-electron chi connectivity index (χ4n) is 1.92. The number of benzene rings is 1. The van der Waals surface area contributed by atoms with E-state index in [1.54, 1.807) is 24.3 Å². The van der Waals surface area contributed by atoms with Gasteiger partial charge in [-0.3, -0.25) is 0 Å². The van der Waals surface area contributed by atoms with Crippen molar-refractivity contribution in [1.29, 1.82) is 0 Å². The predicted molar refractivity (Wildman–Crippen MR) is 65.7 cm³/mol. The molecule has 1 aromatic carbocycles. The highest BCUT2D eigenvalue weighted by Crippen LogP contribution is 2.20. The van der Waals surface area contributed by atoms with Crippen molar-refractivity contribution < 1.29 is 13.5 Å². The van der Waals surface area contributed by atoms with Crippen molar-refractivity contribution in [2.24, 2.45) is 0 Å². The molecule has 0 bridgehead atoms. The summed E-state index contributed by atoms with van der Waals surface area (Å²) in [5.41, 5.74) is 6.81. The molecule has 1 aromatic rings. The highest BCUT2D eigenvalue weighted by Gasteiger charge is 2.30. The lowest BCUT2D eigenvalue weighted by Gasteiger charge is -2.16. The minimum Gasteiger partial charge on any atom is -0.398 e. The van der Waals surface area contributed by atoms with E-state index in [4.69, 9.17) is 5.73 Å². The molecule has 1 aliphatic rings. The number of nitrogen functional groups attached to an aromatic ring is 1. The molecule has 1 aliphatic heterocycles. The van der Waals surface area contributed by atoms with Gasteiger partial charge >= 0.3 is 0 Å². The van der Waals surface area contributed by atoms with Gasteiger partial charge < -0.3 is 10.8 Å². The Labute approximate surface area is 101 Å². The molecule has 3 N–H and O–H groups in total. The van der Waals surface area contributed by atoms with Gasteiger partial charge in [-0.2, -0.15) is 4.31 Å². The van der Waals surface area contributed by atoms with Crippen LogP contribution >= 0.6 is 0 Å². The quantitative estimate of drug-likeness (QED) is 0.755. The SMILES string of the molecule is Nc1ccccc1CS(=O)(=O)N1CC[C@H](O)C1. The zero-order valence-electron chi connectivity index (χ0n) is 9.41. The number of hydrogen-bond donors (Lipinski definition) is 2. The van der Waals surface area contributed by atoms with Gasteiger partial charge in [0, 0.05) is 18.8 Å². The first-order valence-corrected chi connectivity index (χ1v) is 7.09. The first kappa shape index (κ1) is 12.3. The molecule has 1 saturated heterocycles. The maximum atomic E-state index is 12.1. The molecule has 1 atom stereocenters. The van der Waals surface area contributed by atoms with Crippen molar-refractivity contribution in [3.8, 4) is 0 Å². The second-order valence-corrected chi connectivity index (χ2v) is 6.22. The number of anilines is 1. The normalized spacial score (nSPS) is 21.8. The number of hydrogen-bond acceptors (Lipinski definition) is 4. The average molecular weight is 256 g/mol. The number of β-amino-alcohol motifs (C(OH)–C–C–N with tert-alkyl or cyclic N) is 1. The van der Waals surface area contributed by atoms with E-state index in [-0.39, 0.29) is 12.3 Å². The van der Waals surface area contributed by atoms with Crippen LogP contribution in [0.25, 0.3) is 0 Å². The van der Waals surface area contributed by atoms with E-state index < -0.39 is 16.1 Å². The van der Waals surface area contributed by atoms with Gasteiger partial charge in [0.05, 0.1) is 11.9 Å². The first-order chi connectivity index (χ1) is 7.99. The van der Waals surface area contributed by atoms with Crippen LogP contribution < -0.4 is 5.73 Å². The van der Waals surface area contributed by atoms with E-state index in [1.165, 1.54) is 4.31 Å². The van der Waals surface area contributed by atoms with E-state index in [0.29, 0.717) is 24.2 Å². The number of aliphatic hydroxyl groups is 1. The van der Waals surface area contributed by atoms with Gasteiger partial charge in [0.1, 0.15) is 0 Å². The standard InChI is InChI=1S/C11H16N2O3S/c12-11-4-2-1-3-9(11)8-17(15,16)13-6-5-10(14)7-13/h1-4,10,14H,5-8,12H2/t10-/m0/s1. The van der Waals surface area contributed by atoms with Crippen molar-refractivity contribution in [2.45, 2.75) is 18.3 Å². The summed E-state index contributed by atoms with van der Waals surface area (Å²) in [5, 5.41) is 9.35. The Bertz CT molecular complexity index is 501. The second kappa shape index (κ2) is 4.64. The number of para-hydroxylation sites is 1. The topological polar surface area (TPSA) is 83.6 Å². The highest BCUT2D eigenvalue weighted by atomic mass is 32.2. The smallest absolute Gasteiger partial charge is 0.218 e. The van der Waals surface area contributed by atoms with Gasteiger partial charge in [-0.15, -0.1) is 0 Å². The van der Waals surface area contributed by atoms with Crippen LogP contribution in [-0.2, 0) is 15.8 Å². The molecular formula is C11H16N2O3S. The van der Waals surface area contributed by atoms with Crippen molar-refractivity contribution in [3.05, 3.63) is 29.8 Å². The molecule has 0 aliphatic carbocycles. The van der Waals surface area contributed by atoms with Crippen LogP contribution in [-0.4, -0.2) is 37.0 Å².